The van der Waals surface area contributed by atoms with Gasteiger partial charge in [0.15, 0.2) is 0 Å². The molecule has 0 saturated carbocycles. The van der Waals surface area contributed by atoms with Gasteiger partial charge in [0.1, 0.15) is 11.5 Å². The molecule has 2 atom stereocenters. The highest BCUT2D eigenvalue weighted by molar-refractivity contribution is 7.85. The summed E-state index contributed by atoms with van der Waals surface area (Å²) in [7, 11) is -2.02. The van der Waals surface area contributed by atoms with Crippen LogP contribution in [0, 0.1) is 5.41 Å². The zero-order valence-corrected chi connectivity index (χ0v) is 25.1. The Hall–Kier alpha value is -3.65. The van der Waals surface area contributed by atoms with Crippen molar-refractivity contribution in [3.05, 3.63) is 71.8 Å². The highest BCUT2D eigenvalue weighted by atomic mass is 32.2. The molecule has 0 spiro atoms. The predicted molar refractivity (Wildman–Crippen MR) is 158 cm³/mol. The van der Waals surface area contributed by atoms with Gasteiger partial charge in [-0.05, 0) is 31.4 Å². The van der Waals surface area contributed by atoms with Crippen molar-refractivity contribution in [3.63, 3.8) is 0 Å². The van der Waals surface area contributed by atoms with E-state index in [1.807, 2.05) is 60.7 Å². The summed E-state index contributed by atoms with van der Waals surface area (Å²) in [4.78, 5) is 41.6. The third-order valence-electron chi connectivity index (χ3n) is 6.85. The van der Waals surface area contributed by atoms with E-state index in [9.17, 15) is 22.8 Å². The molecule has 2 aromatic rings. The van der Waals surface area contributed by atoms with E-state index in [4.69, 9.17) is 15.0 Å². The smallest absolute Gasteiger partial charge is 0.261 e. The molecule has 228 valence electrons. The third kappa shape index (κ3) is 8.92. The van der Waals surface area contributed by atoms with Crippen molar-refractivity contribution in [2.45, 2.75) is 44.9 Å². The largest absolute Gasteiger partial charge is 0.374 e. The van der Waals surface area contributed by atoms with Crippen LogP contribution in [0.4, 0.5) is 0 Å². The van der Waals surface area contributed by atoms with E-state index in [1.165, 1.54) is 5.01 Å². The van der Waals surface area contributed by atoms with E-state index in [0.29, 0.717) is 32.2 Å². The van der Waals surface area contributed by atoms with Crippen LogP contribution in [-0.4, -0.2) is 90.9 Å². The van der Waals surface area contributed by atoms with E-state index in [-0.39, 0.29) is 25.0 Å². The van der Waals surface area contributed by atoms with Crippen LogP contribution in [-0.2, 0) is 42.3 Å². The molecule has 13 heteroatoms. The summed E-state index contributed by atoms with van der Waals surface area (Å²) in [6, 6.07) is 18.4. The standard InChI is InChI=1S/C28H35N5O4.CH4O3S/c1-27(2,29)25(35)30-22(18-37-17-21-12-8-5-9-13-21)24(34)33-15-14-23-28(19-33,26(36)32(3)31-23)16-20-10-6-4-7-11-20;1-5(2,3)4/h4-13,22H,14-19,29H2,1-3H3,(H,30,35);1H3,(H,2,3,4). The average Bonchev–Trinajstić information content (AvgIpc) is 3.16. The minimum atomic E-state index is -3.67. The second kappa shape index (κ2) is 13.6. The number of amides is 3. The number of nitrogens with one attached hydrogen (secondary N) is 1. The highest BCUT2D eigenvalue weighted by Gasteiger charge is 2.54. The lowest BCUT2D eigenvalue weighted by molar-refractivity contribution is -0.143. The van der Waals surface area contributed by atoms with Gasteiger partial charge in [0.05, 0.1) is 30.7 Å². The fourth-order valence-corrected chi connectivity index (χ4v) is 4.82. The van der Waals surface area contributed by atoms with Crippen LogP contribution in [0.1, 0.15) is 31.4 Å². The van der Waals surface area contributed by atoms with Crippen molar-refractivity contribution in [2.24, 2.45) is 16.3 Å². The number of nitrogens with two attached hydrogens (primary N) is 1. The van der Waals surface area contributed by atoms with Crippen LogP contribution in [0.5, 0.6) is 0 Å². The number of likely N-dealkylation sites (tertiary alicyclic amines) is 1. The van der Waals surface area contributed by atoms with Gasteiger partial charge in [-0.3, -0.25) is 18.9 Å². The molecule has 4 N–H and O–H groups in total. The molecule has 3 amide bonds. The number of benzene rings is 2. The van der Waals surface area contributed by atoms with Gasteiger partial charge in [-0.25, -0.2) is 5.01 Å². The summed E-state index contributed by atoms with van der Waals surface area (Å²) >= 11 is 0. The number of rotatable bonds is 9. The monoisotopic (exact) mass is 601 g/mol. The van der Waals surface area contributed by atoms with Gasteiger partial charge < -0.3 is 20.7 Å². The van der Waals surface area contributed by atoms with Crippen LogP contribution >= 0.6 is 0 Å². The third-order valence-corrected chi connectivity index (χ3v) is 6.85. The molecule has 0 radical (unpaired) electrons. The number of carbonyl (C=O) groups is 3. The van der Waals surface area contributed by atoms with Gasteiger partial charge in [0, 0.05) is 26.6 Å². The Morgan fingerprint density at radius 2 is 1.67 bits per heavy atom. The Labute approximate surface area is 246 Å². The van der Waals surface area contributed by atoms with Crippen molar-refractivity contribution in [1.29, 1.82) is 0 Å². The molecule has 1 saturated heterocycles. The van der Waals surface area contributed by atoms with Gasteiger partial charge in [-0.1, -0.05) is 60.7 Å². The number of piperidine rings is 1. The van der Waals surface area contributed by atoms with Crippen molar-refractivity contribution in [2.75, 3.05) is 33.0 Å². The van der Waals surface area contributed by atoms with Crippen LogP contribution in [0.15, 0.2) is 65.8 Å². The first-order valence-corrected chi connectivity index (χ1v) is 15.3. The Morgan fingerprint density at radius 3 is 2.21 bits per heavy atom. The van der Waals surface area contributed by atoms with E-state index in [1.54, 1.807) is 25.8 Å². The Balaban J connectivity index is 0.000000892. The van der Waals surface area contributed by atoms with Gasteiger partial charge in [0.2, 0.25) is 11.8 Å². The lowest BCUT2D eigenvalue weighted by Gasteiger charge is -2.40. The fourth-order valence-electron chi connectivity index (χ4n) is 4.82. The summed E-state index contributed by atoms with van der Waals surface area (Å²) in [6.45, 7) is 4.02. The van der Waals surface area contributed by atoms with Gasteiger partial charge in [0.25, 0.3) is 16.0 Å². The summed E-state index contributed by atoms with van der Waals surface area (Å²) in [5.74, 6) is -0.892. The molecular formula is C29H39N5O7S. The molecule has 2 heterocycles. The number of hydrogen-bond donors (Lipinski definition) is 3. The number of ether oxygens (including phenoxy) is 1. The Bertz CT molecular complexity index is 1390. The van der Waals surface area contributed by atoms with E-state index >= 15 is 0 Å². The number of carbonyl (C=O) groups excluding carboxylic acids is 3. The van der Waals surface area contributed by atoms with Crippen LogP contribution < -0.4 is 11.1 Å². The van der Waals surface area contributed by atoms with Gasteiger partial charge in [-0.15, -0.1) is 0 Å². The molecule has 0 aliphatic carbocycles. The normalized spacial score (nSPS) is 19.3. The molecule has 2 aromatic carbocycles. The first-order chi connectivity index (χ1) is 19.6. The molecule has 0 aromatic heterocycles. The number of hydrazone groups is 1. The molecular weight excluding hydrogens is 562 g/mol. The average molecular weight is 602 g/mol. The van der Waals surface area contributed by atoms with Crippen LogP contribution in [0.2, 0.25) is 0 Å². The number of hydrogen-bond acceptors (Lipinski definition) is 8. The minimum Gasteiger partial charge on any atom is -0.374 e. The summed E-state index contributed by atoms with van der Waals surface area (Å²) in [5, 5.41) is 8.67. The molecule has 1 fully saturated rings. The first kappa shape index (κ1) is 32.9. The van der Waals surface area contributed by atoms with Gasteiger partial charge in [-0.2, -0.15) is 13.5 Å². The zero-order chi connectivity index (χ0) is 31.1. The lowest BCUT2D eigenvalue weighted by Crippen LogP contribution is -2.61. The molecule has 42 heavy (non-hydrogen) atoms. The summed E-state index contributed by atoms with van der Waals surface area (Å²) < 4.78 is 31.7. The lowest BCUT2D eigenvalue weighted by atomic mass is 9.73. The van der Waals surface area contributed by atoms with Crippen LogP contribution in [0.3, 0.4) is 0 Å². The SMILES string of the molecule is CN1N=C2CCN(C(=O)C(COCc3ccccc3)NC(=O)C(C)(C)N)CC2(Cc2ccccc2)C1=O.CS(=O)(=O)O. The van der Waals surface area contributed by atoms with Gasteiger partial charge >= 0.3 is 0 Å². The van der Waals surface area contributed by atoms with E-state index in [0.717, 1.165) is 16.8 Å². The quantitative estimate of drug-likeness (QED) is 0.360. The Kier molecular flexibility index (Phi) is 10.6. The van der Waals surface area contributed by atoms with Crippen molar-refractivity contribution < 1.29 is 32.1 Å². The van der Waals surface area contributed by atoms with E-state index in [2.05, 4.69) is 10.4 Å². The Morgan fingerprint density at radius 1 is 1.12 bits per heavy atom. The summed E-state index contributed by atoms with van der Waals surface area (Å²) in [6.07, 6.45) is 1.63. The van der Waals surface area contributed by atoms with Crippen LogP contribution in [0.25, 0.3) is 0 Å². The first-order valence-electron chi connectivity index (χ1n) is 13.4. The molecule has 2 unspecified atom stereocenters. The molecule has 4 rings (SSSR count). The van der Waals surface area contributed by atoms with Crippen molar-refractivity contribution >= 4 is 33.6 Å². The minimum absolute atomic E-state index is 0.0213. The number of nitrogens with zero attached hydrogens (tertiary/aromatic N) is 3. The predicted octanol–water partition coefficient (Wildman–Crippen LogP) is 1.22. The maximum Gasteiger partial charge on any atom is 0.261 e. The zero-order valence-electron chi connectivity index (χ0n) is 24.3. The second-order valence-corrected chi connectivity index (χ2v) is 12.6. The number of fused-ring (bicyclic) bond motifs is 1. The maximum atomic E-state index is 13.8. The maximum absolute atomic E-state index is 13.8. The molecule has 12 nitrogen and oxygen atoms in total. The highest BCUT2D eigenvalue weighted by Crippen LogP contribution is 2.38. The second-order valence-electron chi connectivity index (χ2n) is 11.1. The van der Waals surface area contributed by atoms with E-state index < -0.39 is 33.0 Å². The summed E-state index contributed by atoms with van der Waals surface area (Å²) in [5.41, 5.74) is 6.63. The fraction of sp³-hybridized carbons (Fsp3) is 0.448. The molecule has 0 bridgehead atoms. The molecule has 2 aliphatic rings. The molecule has 2 aliphatic heterocycles. The van der Waals surface area contributed by atoms with Crippen molar-refractivity contribution in [1.82, 2.24) is 15.2 Å². The topological polar surface area (TPSA) is 172 Å². The van der Waals surface area contributed by atoms with Crippen molar-refractivity contribution in [3.8, 4) is 0 Å².